The van der Waals surface area contributed by atoms with Crippen LogP contribution in [0.1, 0.15) is 0 Å². The van der Waals surface area contributed by atoms with E-state index in [4.69, 9.17) is 11.6 Å². The van der Waals surface area contributed by atoms with Crippen molar-refractivity contribution in [3.05, 3.63) is 46.8 Å². The lowest BCUT2D eigenvalue weighted by Crippen LogP contribution is -2.35. The minimum atomic E-state index is -3.82. The van der Waals surface area contributed by atoms with E-state index in [9.17, 15) is 13.2 Å². The van der Waals surface area contributed by atoms with Crippen LogP contribution in [0.4, 0.5) is 5.69 Å². The number of halogens is 1. The number of hydrogen-bond donors (Lipinski definition) is 0. The fourth-order valence-corrected chi connectivity index (χ4v) is 4.26. The highest BCUT2D eigenvalue weighted by molar-refractivity contribution is 7.94. The highest BCUT2D eigenvalue weighted by atomic mass is 35.5. The molecule has 2 aromatic rings. The maximum atomic E-state index is 12.6. The summed E-state index contributed by atoms with van der Waals surface area (Å²) in [5.41, 5.74) is 0.346. The molecule has 0 fully saturated rings. The summed E-state index contributed by atoms with van der Waals surface area (Å²) in [6, 6.07) is 9.32. The quantitative estimate of drug-likeness (QED) is 0.782. The van der Waals surface area contributed by atoms with Crippen molar-refractivity contribution in [2.45, 2.75) is 4.21 Å². The fourth-order valence-electron chi connectivity index (χ4n) is 1.62. The molecule has 1 aromatic carbocycles. The average molecular weight is 346 g/mol. The number of rotatable bonds is 5. The number of carbonyl (C=O) groups excluding carboxylic acids is 1. The Labute approximate surface area is 131 Å². The third kappa shape index (κ3) is 3.55. The van der Waals surface area contributed by atoms with Crippen molar-refractivity contribution in [2.75, 3.05) is 18.0 Å². The predicted octanol–water partition coefficient (Wildman–Crippen LogP) is 2.77. The zero-order valence-corrected chi connectivity index (χ0v) is 13.4. The molecule has 0 spiro atoms. The third-order valence-electron chi connectivity index (χ3n) is 2.65. The SMILES string of the molecule is COC(=O)CN(c1ccc(Cl)cc1)S(=O)(=O)c1cccs1. The molecule has 0 N–H and O–H groups in total. The van der Waals surface area contributed by atoms with Gasteiger partial charge in [-0.15, -0.1) is 11.3 Å². The lowest BCUT2D eigenvalue weighted by atomic mass is 10.3. The standard InChI is InChI=1S/C13H12ClNO4S2/c1-19-12(16)9-15(11-6-4-10(14)5-7-11)21(17,18)13-3-2-8-20-13/h2-8H,9H2,1H3. The molecule has 5 nitrogen and oxygen atoms in total. The van der Waals surface area contributed by atoms with Gasteiger partial charge in [0, 0.05) is 5.02 Å². The van der Waals surface area contributed by atoms with Gasteiger partial charge in [0.05, 0.1) is 12.8 Å². The number of sulfonamides is 1. The van der Waals surface area contributed by atoms with Crippen LogP contribution in [0, 0.1) is 0 Å². The van der Waals surface area contributed by atoms with Crippen LogP contribution in [0.2, 0.25) is 5.02 Å². The maximum Gasteiger partial charge on any atom is 0.326 e. The number of esters is 1. The van der Waals surface area contributed by atoms with Crippen LogP contribution in [0.15, 0.2) is 46.0 Å². The van der Waals surface area contributed by atoms with Crippen LogP contribution in [0.25, 0.3) is 0 Å². The van der Waals surface area contributed by atoms with Gasteiger partial charge in [-0.2, -0.15) is 0 Å². The van der Waals surface area contributed by atoms with E-state index in [2.05, 4.69) is 4.74 Å². The molecule has 0 amide bonds. The second-order valence-corrected chi connectivity index (χ2v) is 7.47. The van der Waals surface area contributed by atoms with Crippen molar-refractivity contribution in [1.29, 1.82) is 0 Å². The lowest BCUT2D eigenvalue weighted by molar-refractivity contribution is -0.138. The Morgan fingerprint density at radius 3 is 2.48 bits per heavy atom. The van der Waals surface area contributed by atoms with Gasteiger partial charge in [-0.3, -0.25) is 9.10 Å². The first-order chi connectivity index (χ1) is 9.95. The molecule has 0 bridgehead atoms. The first-order valence-corrected chi connectivity index (χ1v) is 8.53. The molecular formula is C13H12ClNO4S2. The topological polar surface area (TPSA) is 63.7 Å². The van der Waals surface area contributed by atoms with E-state index >= 15 is 0 Å². The zero-order chi connectivity index (χ0) is 15.5. The number of ether oxygens (including phenoxy) is 1. The molecule has 0 saturated carbocycles. The number of carbonyl (C=O) groups is 1. The molecule has 2 rings (SSSR count). The first kappa shape index (κ1) is 15.8. The number of nitrogens with zero attached hydrogens (tertiary/aromatic N) is 1. The summed E-state index contributed by atoms with van der Waals surface area (Å²) in [5, 5.41) is 2.13. The number of hydrogen-bond acceptors (Lipinski definition) is 5. The molecule has 0 aliphatic carbocycles. The van der Waals surface area contributed by atoms with E-state index in [1.54, 1.807) is 23.6 Å². The van der Waals surface area contributed by atoms with Crippen LogP contribution in [0.5, 0.6) is 0 Å². The van der Waals surface area contributed by atoms with E-state index in [-0.39, 0.29) is 4.21 Å². The summed E-state index contributed by atoms with van der Waals surface area (Å²) < 4.78 is 31.0. The van der Waals surface area contributed by atoms with E-state index < -0.39 is 22.5 Å². The van der Waals surface area contributed by atoms with Crippen molar-refractivity contribution >= 4 is 44.6 Å². The highest BCUT2D eigenvalue weighted by Crippen LogP contribution is 2.27. The van der Waals surface area contributed by atoms with E-state index in [0.717, 1.165) is 15.6 Å². The van der Waals surface area contributed by atoms with Gasteiger partial charge in [-0.05, 0) is 35.7 Å². The van der Waals surface area contributed by atoms with Crippen LogP contribution < -0.4 is 4.31 Å². The second kappa shape index (κ2) is 6.46. The Morgan fingerprint density at radius 1 is 1.29 bits per heavy atom. The molecule has 0 unspecified atom stereocenters. The van der Waals surface area contributed by atoms with Gasteiger partial charge in [0.1, 0.15) is 10.8 Å². The van der Waals surface area contributed by atoms with Gasteiger partial charge >= 0.3 is 5.97 Å². The van der Waals surface area contributed by atoms with Crippen molar-refractivity contribution in [2.24, 2.45) is 0 Å². The van der Waals surface area contributed by atoms with Gasteiger partial charge < -0.3 is 4.74 Å². The number of thiophene rings is 1. The summed E-state index contributed by atoms with van der Waals surface area (Å²) in [4.78, 5) is 11.5. The number of benzene rings is 1. The van der Waals surface area contributed by atoms with Crippen LogP contribution in [-0.2, 0) is 19.6 Å². The van der Waals surface area contributed by atoms with Crippen LogP contribution >= 0.6 is 22.9 Å². The molecule has 0 aliphatic rings. The summed E-state index contributed by atoms with van der Waals surface area (Å²) in [6.07, 6.45) is 0. The second-order valence-electron chi connectivity index (χ2n) is 4.00. The Bertz CT molecular complexity index is 711. The molecule has 8 heteroatoms. The lowest BCUT2D eigenvalue weighted by Gasteiger charge is -2.22. The summed E-state index contributed by atoms with van der Waals surface area (Å²) in [7, 11) is -2.61. The Morgan fingerprint density at radius 2 is 1.95 bits per heavy atom. The van der Waals surface area contributed by atoms with E-state index in [1.807, 2.05) is 0 Å². The fraction of sp³-hybridized carbons (Fsp3) is 0.154. The molecule has 0 saturated heterocycles. The summed E-state index contributed by atoms with van der Waals surface area (Å²) >= 11 is 6.89. The Balaban J connectivity index is 2.46. The molecule has 1 aromatic heterocycles. The molecule has 0 radical (unpaired) electrons. The normalized spacial score (nSPS) is 11.1. The molecule has 0 aliphatic heterocycles. The van der Waals surface area contributed by atoms with E-state index in [1.165, 1.54) is 25.3 Å². The summed E-state index contributed by atoms with van der Waals surface area (Å²) in [5.74, 6) is -0.648. The molecular weight excluding hydrogens is 334 g/mol. The van der Waals surface area contributed by atoms with Crippen LogP contribution in [0.3, 0.4) is 0 Å². The average Bonchev–Trinajstić information content (AvgIpc) is 3.00. The number of anilines is 1. The Kier molecular flexibility index (Phi) is 4.87. The summed E-state index contributed by atoms with van der Waals surface area (Å²) in [6.45, 7) is -0.404. The van der Waals surface area contributed by atoms with Gasteiger partial charge in [0.2, 0.25) is 0 Å². The van der Waals surface area contributed by atoms with Crippen molar-refractivity contribution in [3.63, 3.8) is 0 Å². The van der Waals surface area contributed by atoms with Crippen molar-refractivity contribution in [3.8, 4) is 0 Å². The van der Waals surface area contributed by atoms with E-state index in [0.29, 0.717) is 10.7 Å². The zero-order valence-electron chi connectivity index (χ0n) is 11.0. The van der Waals surface area contributed by atoms with Gasteiger partial charge in [-0.25, -0.2) is 8.42 Å². The molecule has 21 heavy (non-hydrogen) atoms. The molecule has 1 heterocycles. The highest BCUT2D eigenvalue weighted by Gasteiger charge is 2.28. The van der Waals surface area contributed by atoms with Gasteiger partial charge in [-0.1, -0.05) is 17.7 Å². The van der Waals surface area contributed by atoms with Crippen molar-refractivity contribution < 1.29 is 17.9 Å². The van der Waals surface area contributed by atoms with Crippen LogP contribution in [-0.4, -0.2) is 28.0 Å². The van der Waals surface area contributed by atoms with Crippen molar-refractivity contribution in [1.82, 2.24) is 0 Å². The Hall–Kier alpha value is -1.57. The minimum absolute atomic E-state index is 0.154. The number of methoxy groups -OCH3 is 1. The minimum Gasteiger partial charge on any atom is -0.468 e. The smallest absolute Gasteiger partial charge is 0.326 e. The van der Waals surface area contributed by atoms with Gasteiger partial charge in [0.25, 0.3) is 10.0 Å². The first-order valence-electron chi connectivity index (χ1n) is 5.84. The van der Waals surface area contributed by atoms with Gasteiger partial charge in [0.15, 0.2) is 0 Å². The molecule has 112 valence electrons. The maximum absolute atomic E-state index is 12.6. The third-order valence-corrected chi connectivity index (χ3v) is 6.05. The largest absolute Gasteiger partial charge is 0.468 e. The monoisotopic (exact) mass is 345 g/mol. The predicted molar refractivity (Wildman–Crippen MR) is 82.3 cm³/mol. The molecule has 0 atom stereocenters.